The van der Waals surface area contributed by atoms with Crippen LogP contribution >= 0.6 is 0 Å². The van der Waals surface area contributed by atoms with Crippen molar-refractivity contribution < 1.29 is 13.2 Å². The van der Waals surface area contributed by atoms with Crippen LogP contribution in [0, 0.1) is 0 Å². The first-order valence-electron chi connectivity index (χ1n) is 2.07. The summed E-state index contributed by atoms with van der Waals surface area (Å²) in [5, 5.41) is 2.18. The van der Waals surface area contributed by atoms with Gasteiger partial charge in [-0.15, -0.1) is 0 Å². The Morgan fingerprint density at radius 3 is 2.25 bits per heavy atom. The van der Waals surface area contributed by atoms with Crippen molar-refractivity contribution in [2.45, 2.75) is 0 Å². The Kier molecular flexibility index (Phi) is 1.00. The zero-order valence-electron chi connectivity index (χ0n) is 4.05. The van der Waals surface area contributed by atoms with Gasteiger partial charge in [-0.2, -0.15) is 0 Å². The minimum Gasteiger partial charge on any atom is -0.341 e. The van der Waals surface area contributed by atoms with E-state index in [0.717, 1.165) is 0 Å². The van der Waals surface area contributed by atoms with Crippen LogP contribution in [0.3, 0.4) is 0 Å². The van der Waals surface area contributed by atoms with Gasteiger partial charge in [0.2, 0.25) is 5.91 Å². The lowest BCUT2D eigenvalue weighted by Gasteiger charge is -1.80. The fourth-order valence-electron chi connectivity index (χ4n) is 0.492. The highest BCUT2D eigenvalue weighted by molar-refractivity contribution is 7.92. The molecular weight excluding hydrogens is 130 g/mol. The van der Waals surface area contributed by atoms with E-state index in [1.807, 2.05) is 0 Å². The first-order chi connectivity index (χ1) is 3.60. The van der Waals surface area contributed by atoms with Crippen LogP contribution in [0.2, 0.25) is 0 Å². The average Bonchev–Trinajstić information content (AvgIpc) is 1.82. The number of hydrogen-bond donors (Lipinski definition) is 1. The van der Waals surface area contributed by atoms with Gasteiger partial charge in [0.25, 0.3) is 0 Å². The summed E-state index contributed by atoms with van der Waals surface area (Å²) >= 11 is 0. The van der Waals surface area contributed by atoms with Gasteiger partial charge in [0.1, 0.15) is 11.6 Å². The molecule has 4 nitrogen and oxygen atoms in total. The Labute approximate surface area is 46.8 Å². The predicted molar refractivity (Wildman–Crippen MR) is 26.8 cm³/mol. The van der Waals surface area contributed by atoms with E-state index in [1.165, 1.54) is 0 Å². The van der Waals surface area contributed by atoms with Gasteiger partial charge in [0.05, 0.1) is 0 Å². The Hall–Kier alpha value is -0.580. The normalized spacial score (nSPS) is 25.2. The molecule has 0 saturated carbocycles. The van der Waals surface area contributed by atoms with Crippen LogP contribution in [0.1, 0.15) is 0 Å². The molecule has 1 rings (SSSR count). The van der Waals surface area contributed by atoms with E-state index in [0.29, 0.717) is 0 Å². The SMILES string of the molecule is O=C1CS(=O)(=O)CN1. The summed E-state index contributed by atoms with van der Waals surface area (Å²) in [6.45, 7) is 0. The summed E-state index contributed by atoms with van der Waals surface area (Å²) in [6.07, 6.45) is 0. The van der Waals surface area contributed by atoms with E-state index in [-0.39, 0.29) is 11.6 Å². The second kappa shape index (κ2) is 1.45. The smallest absolute Gasteiger partial charge is 0.236 e. The standard InChI is InChI=1S/C3H5NO3S/c5-3-1-8(6,7)2-4-3/h1-2H2,(H,4,5). The average molecular weight is 135 g/mol. The van der Waals surface area contributed by atoms with Gasteiger partial charge in [-0.05, 0) is 0 Å². The van der Waals surface area contributed by atoms with Crippen molar-refractivity contribution in [1.82, 2.24) is 5.32 Å². The third-order valence-corrected chi connectivity index (χ3v) is 2.13. The van der Waals surface area contributed by atoms with Gasteiger partial charge >= 0.3 is 0 Å². The number of carbonyl (C=O) groups is 1. The van der Waals surface area contributed by atoms with E-state index in [9.17, 15) is 13.2 Å². The van der Waals surface area contributed by atoms with Crippen LogP contribution in [0.5, 0.6) is 0 Å². The molecule has 5 heteroatoms. The maximum atomic E-state index is 10.4. The van der Waals surface area contributed by atoms with Crippen LogP contribution < -0.4 is 5.32 Å². The molecule has 1 aliphatic rings. The Balaban J connectivity index is 2.86. The molecule has 46 valence electrons. The van der Waals surface area contributed by atoms with Crippen LogP contribution in [0.15, 0.2) is 0 Å². The van der Waals surface area contributed by atoms with Crippen LogP contribution in [0.4, 0.5) is 0 Å². The molecule has 0 aromatic carbocycles. The van der Waals surface area contributed by atoms with Gasteiger partial charge in [0, 0.05) is 0 Å². The third kappa shape index (κ3) is 0.975. The summed E-state index contributed by atoms with van der Waals surface area (Å²) in [6, 6.07) is 0. The van der Waals surface area contributed by atoms with Gasteiger partial charge in [-0.25, -0.2) is 8.42 Å². The number of hydrogen-bond acceptors (Lipinski definition) is 3. The Morgan fingerprint density at radius 2 is 2.12 bits per heavy atom. The fourth-order valence-corrected chi connectivity index (χ4v) is 1.48. The molecule has 1 aliphatic heterocycles. The van der Waals surface area contributed by atoms with Crippen molar-refractivity contribution in [3.8, 4) is 0 Å². The summed E-state index contributed by atoms with van der Waals surface area (Å²) < 4.78 is 20.7. The van der Waals surface area contributed by atoms with Gasteiger partial charge < -0.3 is 5.32 Å². The molecule has 1 saturated heterocycles. The van der Waals surface area contributed by atoms with Gasteiger partial charge in [-0.3, -0.25) is 4.79 Å². The highest BCUT2D eigenvalue weighted by Crippen LogP contribution is 1.93. The van der Waals surface area contributed by atoms with Crippen molar-refractivity contribution in [3.63, 3.8) is 0 Å². The maximum Gasteiger partial charge on any atom is 0.236 e. The highest BCUT2D eigenvalue weighted by atomic mass is 32.2. The highest BCUT2D eigenvalue weighted by Gasteiger charge is 2.23. The number of sulfone groups is 1. The predicted octanol–water partition coefficient (Wildman–Crippen LogP) is -1.51. The topological polar surface area (TPSA) is 63.2 Å². The lowest BCUT2D eigenvalue weighted by Crippen LogP contribution is -2.14. The maximum absolute atomic E-state index is 10.4. The quantitative estimate of drug-likeness (QED) is 0.439. The van der Waals surface area contributed by atoms with E-state index >= 15 is 0 Å². The van der Waals surface area contributed by atoms with E-state index in [4.69, 9.17) is 0 Å². The second-order valence-electron chi connectivity index (χ2n) is 1.63. The molecule has 0 atom stereocenters. The summed E-state index contributed by atoms with van der Waals surface area (Å²) in [5.41, 5.74) is 0. The molecule has 0 spiro atoms. The van der Waals surface area contributed by atoms with Crippen LogP contribution in [0.25, 0.3) is 0 Å². The number of rotatable bonds is 0. The number of amides is 1. The Morgan fingerprint density at radius 1 is 1.50 bits per heavy atom. The molecule has 8 heavy (non-hydrogen) atoms. The van der Waals surface area contributed by atoms with Crippen molar-refractivity contribution in [2.24, 2.45) is 0 Å². The molecule has 0 aromatic heterocycles. The fraction of sp³-hybridized carbons (Fsp3) is 0.667. The summed E-state index contributed by atoms with van der Waals surface area (Å²) in [4.78, 5) is 10.2. The molecule has 1 heterocycles. The van der Waals surface area contributed by atoms with E-state index in [1.54, 1.807) is 0 Å². The molecule has 0 radical (unpaired) electrons. The molecule has 1 fully saturated rings. The van der Waals surface area contributed by atoms with Gasteiger partial charge in [0.15, 0.2) is 9.84 Å². The summed E-state index contributed by atoms with van der Waals surface area (Å²) in [7, 11) is -3.06. The van der Waals surface area contributed by atoms with Crippen LogP contribution in [-0.2, 0) is 14.6 Å². The van der Waals surface area contributed by atoms with Crippen molar-refractivity contribution in [1.29, 1.82) is 0 Å². The molecule has 0 bridgehead atoms. The zero-order chi connectivity index (χ0) is 6.20. The van der Waals surface area contributed by atoms with Crippen molar-refractivity contribution in [3.05, 3.63) is 0 Å². The molecule has 1 amide bonds. The number of nitrogens with one attached hydrogen (secondary N) is 1. The van der Waals surface area contributed by atoms with Crippen LogP contribution in [-0.4, -0.2) is 26.0 Å². The number of carbonyl (C=O) groups excluding carboxylic acids is 1. The van der Waals surface area contributed by atoms with Crippen molar-refractivity contribution >= 4 is 15.7 Å². The molecule has 1 N–H and O–H groups in total. The lowest BCUT2D eigenvalue weighted by atomic mass is 10.7. The zero-order valence-corrected chi connectivity index (χ0v) is 4.86. The van der Waals surface area contributed by atoms with Gasteiger partial charge in [-0.1, -0.05) is 0 Å². The second-order valence-corrected chi connectivity index (χ2v) is 3.70. The first-order valence-corrected chi connectivity index (χ1v) is 3.89. The third-order valence-electron chi connectivity index (χ3n) is 0.840. The largest absolute Gasteiger partial charge is 0.341 e. The molecule has 0 unspecified atom stereocenters. The van der Waals surface area contributed by atoms with E-state index < -0.39 is 15.7 Å². The minimum absolute atomic E-state index is 0.189. The lowest BCUT2D eigenvalue weighted by molar-refractivity contribution is -0.117. The molecule has 0 aromatic rings. The minimum atomic E-state index is -3.06. The summed E-state index contributed by atoms with van der Waals surface area (Å²) in [5.74, 6) is -0.927. The molecule has 0 aliphatic carbocycles. The first kappa shape index (κ1) is 5.55. The Bertz CT molecular complexity index is 205. The van der Waals surface area contributed by atoms with E-state index in [2.05, 4.69) is 5.32 Å². The monoisotopic (exact) mass is 135 g/mol. The van der Waals surface area contributed by atoms with Crippen molar-refractivity contribution in [2.75, 3.05) is 11.6 Å². The molecular formula is C3H5NO3S.